The Hall–Kier alpha value is -3.73. The molecule has 3 aromatic heterocycles. The van der Waals surface area contributed by atoms with E-state index in [1.165, 1.54) is 18.9 Å². The summed E-state index contributed by atoms with van der Waals surface area (Å²) in [5, 5.41) is 7.28. The largest absolute Gasteiger partial charge is 0.340 e. The average Bonchev–Trinajstić information content (AvgIpc) is 3.42. The summed E-state index contributed by atoms with van der Waals surface area (Å²) < 4.78 is 31.0. The molecule has 154 valence electrons. The van der Waals surface area contributed by atoms with Gasteiger partial charge in [0.05, 0.1) is 6.33 Å². The topological polar surface area (TPSA) is 120 Å². The van der Waals surface area contributed by atoms with Crippen LogP contribution in [-0.2, 0) is 10.0 Å². The highest BCUT2D eigenvalue weighted by Gasteiger charge is 2.18. The first-order chi connectivity index (χ1) is 14.4. The number of benzene rings is 1. The van der Waals surface area contributed by atoms with Crippen molar-refractivity contribution in [2.24, 2.45) is 0 Å². The fraction of sp³-hybridized carbons (Fsp3) is 0.158. The maximum atomic E-state index is 12.5. The van der Waals surface area contributed by atoms with Crippen LogP contribution in [0.25, 0.3) is 5.82 Å². The van der Waals surface area contributed by atoms with Gasteiger partial charge in [-0.05, 0) is 44.2 Å². The maximum Gasteiger partial charge on any atom is 0.280 e. The molecule has 0 spiro atoms. The van der Waals surface area contributed by atoms with E-state index in [1.54, 1.807) is 52.0 Å². The van der Waals surface area contributed by atoms with Gasteiger partial charge in [-0.3, -0.25) is 4.72 Å². The van der Waals surface area contributed by atoms with E-state index < -0.39 is 10.0 Å². The number of hydrogen-bond acceptors (Lipinski definition) is 7. The highest BCUT2D eigenvalue weighted by atomic mass is 32.2. The van der Waals surface area contributed by atoms with Gasteiger partial charge in [0.15, 0.2) is 10.8 Å². The molecular formula is C19H20N8O2S. The molecule has 0 bridgehead atoms. The predicted molar refractivity (Wildman–Crippen MR) is 112 cm³/mol. The van der Waals surface area contributed by atoms with Gasteiger partial charge in [-0.15, -0.1) is 0 Å². The van der Waals surface area contributed by atoms with E-state index in [2.05, 4.69) is 30.1 Å². The Balaban J connectivity index is 1.46. The summed E-state index contributed by atoms with van der Waals surface area (Å²) in [6.07, 6.45) is 7.92. The van der Waals surface area contributed by atoms with E-state index in [-0.39, 0.29) is 11.1 Å². The van der Waals surface area contributed by atoms with Gasteiger partial charge in [-0.25, -0.2) is 19.6 Å². The third-order valence-electron chi connectivity index (χ3n) is 4.25. The molecular weight excluding hydrogens is 404 g/mol. The van der Waals surface area contributed by atoms with Gasteiger partial charge in [0.1, 0.15) is 12.1 Å². The van der Waals surface area contributed by atoms with E-state index in [1.807, 2.05) is 19.9 Å². The van der Waals surface area contributed by atoms with Crippen LogP contribution in [0.4, 0.5) is 17.2 Å². The van der Waals surface area contributed by atoms with Gasteiger partial charge >= 0.3 is 0 Å². The molecule has 0 atom stereocenters. The molecule has 0 saturated heterocycles. The van der Waals surface area contributed by atoms with Crippen molar-refractivity contribution in [2.75, 3.05) is 10.0 Å². The normalized spacial score (nSPS) is 11.6. The van der Waals surface area contributed by atoms with E-state index in [0.717, 1.165) is 5.69 Å². The van der Waals surface area contributed by atoms with Gasteiger partial charge in [-0.1, -0.05) is 0 Å². The third-order valence-corrected chi connectivity index (χ3v) is 5.52. The molecule has 3 heterocycles. The number of sulfonamides is 1. The molecule has 1 aromatic carbocycles. The van der Waals surface area contributed by atoms with Gasteiger partial charge in [0.2, 0.25) is 0 Å². The number of nitrogens with zero attached hydrogens (tertiary/aromatic N) is 6. The fourth-order valence-electron chi connectivity index (χ4n) is 2.66. The number of imidazole rings is 1. The second-order valence-electron chi connectivity index (χ2n) is 6.77. The van der Waals surface area contributed by atoms with Crippen molar-refractivity contribution in [3.63, 3.8) is 0 Å². The van der Waals surface area contributed by atoms with E-state index in [4.69, 9.17) is 0 Å². The molecule has 4 aromatic rings. The number of nitrogens with one attached hydrogen (secondary N) is 2. The first kappa shape index (κ1) is 19.6. The highest BCUT2D eigenvalue weighted by molar-refractivity contribution is 7.92. The minimum atomic E-state index is -3.76. The summed E-state index contributed by atoms with van der Waals surface area (Å²) in [6.45, 7) is 3.90. The van der Waals surface area contributed by atoms with E-state index >= 15 is 0 Å². The summed E-state index contributed by atoms with van der Waals surface area (Å²) in [4.78, 5) is 12.4. The molecule has 0 radical (unpaired) electrons. The number of anilines is 3. The lowest BCUT2D eigenvalue weighted by atomic mass is 10.3. The Labute approximate surface area is 173 Å². The van der Waals surface area contributed by atoms with Crippen LogP contribution in [0.2, 0.25) is 0 Å². The summed E-state index contributed by atoms with van der Waals surface area (Å²) in [5.74, 6) is 1.21. The Morgan fingerprint density at radius 2 is 1.80 bits per heavy atom. The van der Waals surface area contributed by atoms with Crippen molar-refractivity contribution in [3.05, 3.63) is 67.6 Å². The molecule has 2 N–H and O–H groups in total. The summed E-state index contributed by atoms with van der Waals surface area (Å²) >= 11 is 0. The van der Waals surface area contributed by atoms with Crippen LogP contribution in [0.3, 0.4) is 0 Å². The minimum Gasteiger partial charge on any atom is -0.340 e. The SMILES string of the molecule is CC(C)n1cnc(S(=O)(=O)Nc2ccc(Nc3cc(-n4cccn4)ncn3)cc2)c1. The Kier molecular flexibility index (Phi) is 5.19. The Morgan fingerprint density at radius 3 is 2.47 bits per heavy atom. The molecule has 0 saturated carbocycles. The number of aromatic nitrogens is 6. The summed E-state index contributed by atoms with van der Waals surface area (Å²) in [7, 11) is -3.76. The van der Waals surface area contributed by atoms with Crippen LogP contribution in [0.15, 0.2) is 72.7 Å². The third kappa shape index (κ3) is 4.30. The van der Waals surface area contributed by atoms with E-state index in [9.17, 15) is 8.42 Å². The molecule has 0 unspecified atom stereocenters. The average molecular weight is 424 g/mol. The van der Waals surface area contributed by atoms with Crippen molar-refractivity contribution in [3.8, 4) is 5.82 Å². The van der Waals surface area contributed by atoms with Crippen molar-refractivity contribution < 1.29 is 8.42 Å². The smallest absolute Gasteiger partial charge is 0.280 e. The molecule has 11 heteroatoms. The maximum absolute atomic E-state index is 12.5. The van der Waals surface area contributed by atoms with Gasteiger partial charge in [-0.2, -0.15) is 13.5 Å². The minimum absolute atomic E-state index is 0.0227. The van der Waals surface area contributed by atoms with Crippen LogP contribution in [0.5, 0.6) is 0 Å². The van der Waals surface area contributed by atoms with E-state index in [0.29, 0.717) is 17.3 Å². The second-order valence-corrected chi connectivity index (χ2v) is 8.40. The molecule has 0 aliphatic carbocycles. The molecule has 0 aliphatic heterocycles. The Bertz CT molecular complexity index is 1230. The van der Waals surface area contributed by atoms with Gasteiger partial charge < -0.3 is 9.88 Å². The van der Waals surface area contributed by atoms with Crippen molar-refractivity contribution in [2.45, 2.75) is 24.9 Å². The van der Waals surface area contributed by atoms with Crippen LogP contribution >= 0.6 is 0 Å². The van der Waals surface area contributed by atoms with Gasteiger partial charge in [0.25, 0.3) is 10.0 Å². The predicted octanol–water partition coefficient (Wildman–Crippen LogP) is 2.98. The van der Waals surface area contributed by atoms with Crippen LogP contribution < -0.4 is 10.0 Å². The lowest BCUT2D eigenvalue weighted by molar-refractivity contribution is 0.591. The number of hydrogen-bond donors (Lipinski definition) is 2. The number of rotatable bonds is 7. The second kappa shape index (κ2) is 7.95. The lowest BCUT2D eigenvalue weighted by Gasteiger charge is -2.09. The molecule has 0 amide bonds. The van der Waals surface area contributed by atoms with Crippen molar-refractivity contribution in [1.82, 2.24) is 29.3 Å². The van der Waals surface area contributed by atoms with Crippen LogP contribution in [0.1, 0.15) is 19.9 Å². The monoisotopic (exact) mass is 424 g/mol. The van der Waals surface area contributed by atoms with Crippen molar-refractivity contribution >= 4 is 27.2 Å². The summed E-state index contributed by atoms with van der Waals surface area (Å²) in [6, 6.07) is 10.5. The fourth-order valence-corrected chi connectivity index (χ4v) is 3.66. The summed E-state index contributed by atoms with van der Waals surface area (Å²) in [5.41, 5.74) is 1.17. The highest BCUT2D eigenvalue weighted by Crippen LogP contribution is 2.21. The quantitative estimate of drug-likeness (QED) is 0.468. The molecule has 4 rings (SSSR count). The van der Waals surface area contributed by atoms with Gasteiger partial charge in [0, 0.05) is 42.1 Å². The molecule has 10 nitrogen and oxygen atoms in total. The Morgan fingerprint density at radius 1 is 1.03 bits per heavy atom. The molecule has 30 heavy (non-hydrogen) atoms. The zero-order chi connectivity index (χ0) is 21.1. The van der Waals surface area contributed by atoms with Crippen LogP contribution in [-0.4, -0.2) is 37.7 Å². The molecule has 0 fully saturated rings. The van der Waals surface area contributed by atoms with Crippen LogP contribution in [0, 0.1) is 0 Å². The first-order valence-corrected chi connectivity index (χ1v) is 10.6. The standard InChI is InChI=1S/C19H20N8O2S/c1-14(2)26-11-19(22-13-26)30(28,29)25-16-6-4-15(5-7-16)24-17-10-18(21-12-20-17)27-9-3-8-23-27/h3-14,25H,1-2H3,(H,20,21,24). The zero-order valence-electron chi connectivity index (χ0n) is 16.3. The lowest BCUT2D eigenvalue weighted by Crippen LogP contribution is -2.13. The van der Waals surface area contributed by atoms with Crippen molar-refractivity contribution in [1.29, 1.82) is 0 Å². The zero-order valence-corrected chi connectivity index (χ0v) is 17.2. The first-order valence-electron chi connectivity index (χ1n) is 9.16. The molecule has 0 aliphatic rings.